The van der Waals surface area contributed by atoms with Gasteiger partial charge in [0.1, 0.15) is 5.82 Å². The fourth-order valence-corrected chi connectivity index (χ4v) is 3.53. The molecule has 2 aromatic carbocycles. The molecule has 0 radical (unpaired) electrons. The first-order valence-corrected chi connectivity index (χ1v) is 7.61. The molecular weight excluding hydrogens is 278 g/mol. The zero-order valence-corrected chi connectivity index (χ0v) is 12.3. The highest BCUT2D eigenvalue weighted by Gasteiger charge is 2.12. The Morgan fingerprint density at radius 1 is 0.952 bits per heavy atom. The lowest BCUT2D eigenvalue weighted by Crippen LogP contribution is -1.98. The van der Waals surface area contributed by atoms with E-state index in [4.69, 9.17) is 10.7 Å². The van der Waals surface area contributed by atoms with Gasteiger partial charge in [-0.3, -0.25) is 0 Å². The van der Waals surface area contributed by atoms with Gasteiger partial charge in [0.25, 0.3) is 0 Å². The second-order valence-corrected chi connectivity index (χ2v) is 5.96. The number of hydrogen-bond donors (Lipinski definition) is 1. The van der Waals surface area contributed by atoms with E-state index in [0.717, 1.165) is 22.0 Å². The molecule has 0 atom stereocenters. The van der Waals surface area contributed by atoms with Gasteiger partial charge in [-0.15, -0.1) is 11.3 Å². The normalized spacial score (nSPS) is 11.3. The molecule has 4 rings (SSSR count). The molecule has 2 N–H and O–H groups in total. The fraction of sp³-hybridized carbons (Fsp3) is 0.0588. The van der Waals surface area contributed by atoms with Gasteiger partial charge in [0.05, 0.1) is 5.52 Å². The summed E-state index contributed by atoms with van der Waals surface area (Å²) in [4.78, 5) is 9.25. The van der Waals surface area contributed by atoms with Gasteiger partial charge < -0.3 is 5.73 Å². The molecule has 4 aromatic rings. The number of aromatic nitrogens is 2. The quantitative estimate of drug-likeness (QED) is 0.565. The first-order valence-electron chi connectivity index (χ1n) is 6.73. The molecule has 4 heteroatoms. The number of nitrogens with zero attached hydrogens (tertiary/aromatic N) is 2. The topological polar surface area (TPSA) is 51.8 Å². The Kier molecular flexibility index (Phi) is 2.65. The van der Waals surface area contributed by atoms with E-state index in [-0.39, 0.29) is 0 Å². The van der Waals surface area contributed by atoms with Gasteiger partial charge in [-0.05, 0) is 24.6 Å². The smallest absolute Gasteiger partial charge is 0.163 e. The number of benzene rings is 2. The van der Waals surface area contributed by atoms with Crippen LogP contribution >= 0.6 is 11.3 Å². The van der Waals surface area contributed by atoms with Gasteiger partial charge in [-0.1, -0.05) is 30.3 Å². The predicted octanol–water partition coefficient (Wildman–Crippen LogP) is 4.40. The molecule has 0 saturated heterocycles. The SMILES string of the molecule is Cc1cccc2c(N)nc(-c3csc4ccccc34)nc12. The Morgan fingerprint density at radius 3 is 2.67 bits per heavy atom. The van der Waals surface area contributed by atoms with Crippen LogP contribution in [0.4, 0.5) is 5.82 Å². The van der Waals surface area contributed by atoms with E-state index in [0.29, 0.717) is 11.6 Å². The minimum atomic E-state index is 0.536. The second-order valence-electron chi connectivity index (χ2n) is 5.05. The van der Waals surface area contributed by atoms with Crippen molar-refractivity contribution in [2.24, 2.45) is 0 Å². The van der Waals surface area contributed by atoms with E-state index in [2.05, 4.69) is 22.5 Å². The molecule has 3 nitrogen and oxygen atoms in total. The maximum absolute atomic E-state index is 6.13. The number of fused-ring (bicyclic) bond motifs is 2. The van der Waals surface area contributed by atoms with Crippen molar-refractivity contribution in [1.29, 1.82) is 0 Å². The molecule has 0 spiro atoms. The lowest BCUT2D eigenvalue weighted by atomic mass is 10.1. The van der Waals surface area contributed by atoms with Crippen molar-refractivity contribution in [2.45, 2.75) is 6.92 Å². The molecule has 0 aliphatic heterocycles. The summed E-state index contributed by atoms with van der Waals surface area (Å²) >= 11 is 1.70. The van der Waals surface area contributed by atoms with Gasteiger partial charge in [0, 0.05) is 26.4 Å². The van der Waals surface area contributed by atoms with E-state index in [1.165, 1.54) is 10.1 Å². The van der Waals surface area contributed by atoms with Gasteiger partial charge in [-0.25, -0.2) is 9.97 Å². The zero-order valence-electron chi connectivity index (χ0n) is 11.5. The summed E-state index contributed by atoms with van der Waals surface area (Å²) in [5, 5.41) is 4.19. The summed E-state index contributed by atoms with van der Waals surface area (Å²) in [6.45, 7) is 2.05. The van der Waals surface area contributed by atoms with Crippen LogP contribution in [-0.4, -0.2) is 9.97 Å². The van der Waals surface area contributed by atoms with E-state index in [1.807, 2.05) is 37.3 Å². The van der Waals surface area contributed by atoms with Gasteiger partial charge in [-0.2, -0.15) is 0 Å². The number of thiophene rings is 1. The van der Waals surface area contributed by atoms with Crippen molar-refractivity contribution in [3.05, 3.63) is 53.4 Å². The van der Waals surface area contributed by atoms with Gasteiger partial charge >= 0.3 is 0 Å². The number of aryl methyl sites for hydroxylation is 1. The Bertz CT molecular complexity index is 972. The van der Waals surface area contributed by atoms with Crippen molar-refractivity contribution in [1.82, 2.24) is 9.97 Å². The maximum atomic E-state index is 6.13. The number of anilines is 1. The minimum absolute atomic E-state index is 0.536. The number of nitrogens with two attached hydrogens (primary N) is 1. The van der Waals surface area contributed by atoms with Crippen LogP contribution in [0.1, 0.15) is 5.56 Å². The van der Waals surface area contributed by atoms with Crippen molar-refractivity contribution in [3.63, 3.8) is 0 Å². The number of para-hydroxylation sites is 1. The molecule has 0 fully saturated rings. The molecule has 0 amide bonds. The largest absolute Gasteiger partial charge is 0.383 e. The highest BCUT2D eigenvalue weighted by molar-refractivity contribution is 7.17. The third-order valence-corrected chi connectivity index (χ3v) is 4.64. The van der Waals surface area contributed by atoms with E-state index >= 15 is 0 Å². The Hall–Kier alpha value is -2.46. The number of nitrogen functional groups attached to an aromatic ring is 1. The van der Waals surface area contributed by atoms with Crippen molar-refractivity contribution in [3.8, 4) is 11.4 Å². The lowest BCUT2D eigenvalue weighted by molar-refractivity contribution is 1.23. The van der Waals surface area contributed by atoms with Gasteiger partial charge in [0.2, 0.25) is 0 Å². The minimum Gasteiger partial charge on any atom is -0.383 e. The molecule has 0 unspecified atom stereocenters. The molecule has 0 aliphatic carbocycles. The van der Waals surface area contributed by atoms with Crippen molar-refractivity contribution in [2.75, 3.05) is 5.73 Å². The zero-order chi connectivity index (χ0) is 14.4. The lowest BCUT2D eigenvalue weighted by Gasteiger charge is -2.07. The molecular formula is C17H13N3S. The molecule has 0 aliphatic rings. The molecule has 2 heterocycles. The second kappa shape index (κ2) is 4.53. The van der Waals surface area contributed by atoms with Crippen LogP contribution in [0.3, 0.4) is 0 Å². The average molecular weight is 291 g/mol. The Balaban J connectivity index is 2.05. The molecule has 102 valence electrons. The Labute approximate surface area is 126 Å². The third kappa shape index (κ3) is 1.87. The van der Waals surface area contributed by atoms with E-state index in [1.54, 1.807) is 11.3 Å². The van der Waals surface area contributed by atoms with Crippen LogP contribution in [0, 0.1) is 6.92 Å². The average Bonchev–Trinajstić information content (AvgIpc) is 2.92. The van der Waals surface area contributed by atoms with Gasteiger partial charge in [0.15, 0.2) is 5.82 Å². The Morgan fingerprint density at radius 2 is 1.76 bits per heavy atom. The molecule has 21 heavy (non-hydrogen) atoms. The summed E-state index contributed by atoms with van der Waals surface area (Å²) in [5.74, 6) is 1.24. The maximum Gasteiger partial charge on any atom is 0.163 e. The first-order chi connectivity index (χ1) is 10.2. The summed E-state index contributed by atoms with van der Waals surface area (Å²) in [6.07, 6.45) is 0. The van der Waals surface area contributed by atoms with E-state index in [9.17, 15) is 0 Å². The summed E-state index contributed by atoms with van der Waals surface area (Å²) in [6, 6.07) is 14.3. The summed E-state index contributed by atoms with van der Waals surface area (Å²) in [5.41, 5.74) is 9.22. The first kappa shape index (κ1) is 12.3. The number of rotatable bonds is 1. The fourth-order valence-electron chi connectivity index (χ4n) is 2.59. The van der Waals surface area contributed by atoms with Crippen LogP contribution in [0.2, 0.25) is 0 Å². The van der Waals surface area contributed by atoms with Crippen LogP contribution in [-0.2, 0) is 0 Å². The number of hydrogen-bond acceptors (Lipinski definition) is 4. The highest BCUT2D eigenvalue weighted by Crippen LogP contribution is 2.33. The molecule has 0 bridgehead atoms. The standard InChI is InChI=1S/C17H13N3S/c1-10-5-4-7-12-15(10)19-17(20-16(12)18)13-9-21-14-8-3-2-6-11(13)14/h2-9H,1H3,(H2,18,19,20). The highest BCUT2D eigenvalue weighted by atomic mass is 32.1. The van der Waals surface area contributed by atoms with Crippen LogP contribution in [0.25, 0.3) is 32.4 Å². The predicted molar refractivity (Wildman–Crippen MR) is 89.5 cm³/mol. The van der Waals surface area contributed by atoms with Crippen LogP contribution in [0.5, 0.6) is 0 Å². The summed E-state index contributed by atoms with van der Waals surface area (Å²) in [7, 11) is 0. The molecule has 2 aromatic heterocycles. The van der Waals surface area contributed by atoms with Crippen molar-refractivity contribution < 1.29 is 0 Å². The van der Waals surface area contributed by atoms with E-state index < -0.39 is 0 Å². The van der Waals surface area contributed by atoms with Crippen LogP contribution in [0.15, 0.2) is 47.8 Å². The third-order valence-electron chi connectivity index (χ3n) is 3.68. The monoisotopic (exact) mass is 291 g/mol. The summed E-state index contributed by atoms with van der Waals surface area (Å²) < 4.78 is 1.24. The van der Waals surface area contributed by atoms with Crippen molar-refractivity contribution >= 4 is 38.1 Å². The van der Waals surface area contributed by atoms with Crippen LogP contribution < -0.4 is 5.73 Å². The molecule has 0 saturated carbocycles.